The first-order valence-electron chi connectivity index (χ1n) is 8.88. The number of nitrogens with zero attached hydrogens (tertiary/aromatic N) is 4. The van der Waals surface area contributed by atoms with Gasteiger partial charge in [0.25, 0.3) is 0 Å². The van der Waals surface area contributed by atoms with Crippen LogP contribution in [0.3, 0.4) is 0 Å². The second-order valence-electron chi connectivity index (χ2n) is 5.85. The van der Waals surface area contributed by atoms with Crippen molar-refractivity contribution in [3.8, 4) is 0 Å². The van der Waals surface area contributed by atoms with Gasteiger partial charge in [-0.15, -0.1) is 5.10 Å². The molecule has 0 bridgehead atoms. The number of hydrogen-bond acceptors (Lipinski definition) is 6. The highest BCUT2D eigenvalue weighted by Crippen LogP contribution is 2.20. The minimum absolute atomic E-state index is 0.499. The number of nitrogens with one attached hydrogen (secondary N) is 2. The van der Waals surface area contributed by atoms with Crippen LogP contribution in [0.5, 0.6) is 0 Å². The maximum Gasteiger partial charge on any atom is 0.244 e. The van der Waals surface area contributed by atoms with Gasteiger partial charge >= 0.3 is 0 Å². The number of benzene rings is 2. The van der Waals surface area contributed by atoms with Crippen LogP contribution >= 0.6 is 0 Å². The summed E-state index contributed by atoms with van der Waals surface area (Å²) < 4.78 is 0. The van der Waals surface area contributed by atoms with E-state index in [-0.39, 0.29) is 0 Å². The maximum absolute atomic E-state index is 4.47. The zero-order valence-electron chi connectivity index (χ0n) is 15.2. The molecule has 0 fully saturated rings. The Morgan fingerprint density at radius 3 is 2.35 bits per heavy atom. The van der Waals surface area contributed by atoms with Crippen LogP contribution in [0.15, 0.2) is 60.8 Å². The highest BCUT2D eigenvalue weighted by molar-refractivity contribution is 5.60. The monoisotopic (exact) mass is 348 g/mol. The van der Waals surface area contributed by atoms with Crippen molar-refractivity contribution in [1.82, 2.24) is 15.2 Å². The number of hydrogen-bond donors (Lipinski definition) is 2. The lowest BCUT2D eigenvalue weighted by atomic mass is 10.2. The van der Waals surface area contributed by atoms with Crippen LogP contribution in [0.4, 0.5) is 23.1 Å². The SMILES string of the molecule is CCN(CC)c1ccc(Nc2cnnc(NCc3ccccc3)n2)cc1. The molecule has 6 heteroatoms. The van der Waals surface area contributed by atoms with Crippen molar-refractivity contribution in [3.05, 3.63) is 66.4 Å². The van der Waals surface area contributed by atoms with E-state index in [1.54, 1.807) is 6.20 Å². The molecule has 0 saturated carbocycles. The second-order valence-corrected chi connectivity index (χ2v) is 5.85. The van der Waals surface area contributed by atoms with Gasteiger partial charge in [0.2, 0.25) is 5.95 Å². The fraction of sp³-hybridized carbons (Fsp3) is 0.250. The predicted molar refractivity (Wildman–Crippen MR) is 107 cm³/mol. The van der Waals surface area contributed by atoms with Gasteiger partial charge in [0.05, 0.1) is 6.20 Å². The van der Waals surface area contributed by atoms with Gasteiger partial charge in [-0.25, -0.2) is 0 Å². The zero-order chi connectivity index (χ0) is 18.2. The van der Waals surface area contributed by atoms with Gasteiger partial charge in [-0.1, -0.05) is 30.3 Å². The maximum atomic E-state index is 4.47. The summed E-state index contributed by atoms with van der Waals surface area (Å²) in [6.07, 6.45) is 1.62. The quantitative estimate of drug-likeness (QED) is 0.640. The van der Waals surface area contributed by atoms with Crippen LogP contribution in [0, 0.1) is 0 Å². The molecule has 0 unspecified atom stereocenters. The van der Waals surface area contributed by atoms with Crippen LogP contribution in [0.1, 0.15) is 19.4 Å². The average Bonchev–Trinajstić information content (AvgIpc) is 2.70. The summed E-state index contributed by atoms with van der Waals surface area (Å²) in [6.45, 7) is 6.97. The Bertz CT molecular complexity index is 800. The Morgan fingerprint density at radius 2 is 1.65 bits per heavy atom. The zero-order valence-corrected chi connectivity index (χ0v) is 15.2. The first-order chi connectivity index (χ1) is 12.8. The van der Waals surface area contributed by atoms with Gasteiger partial charge in [0.15, 0.2) is 5.82 Å². The molecule has 0 amide bonds. The second kappa shape index (κ2) is 8.80. The fourth-order valence-electron chi connectivity index (χ4n) is 2.71. The molecule has 134 valence electrons. The van der Waals surface area contributed by atoms with Gasteiger partial charge in [0, 0.05) is 31.0 Å². The molecule has 2 aromatic carbocycles. The Balaban J connectivity index is 1.63. The number of rotatable bonds is 8. The summed E-state index contributed by atoms with van der Waals surface area (Å²) in [5.74, 6) is 1.16. The minimum atomic E-state index is 0.499. The molecule has 0 aliphatic rings. The molecule has 26 heavy (non-hydrogen) atoms. The van der Waals surface area contributed by atoms with E-state index in [2.05, 4.69) is 68.8 Å². The molecule has 0 aliphatic heterocycles. The highest BCUT2D eigenvalue weighted by Gasteiger charge is 2.04. The van der Waals surface area contributed by atoms with E-state index in [0.29, 0.717) is 18.3 Å². The Labute approximate surface area is 154 Å². The van der Waals surface area contributed by atoms with Crippen molar-refractivity contribution in [1.29, 1.82) is 0 Å². The van der Waals surface area contributed by atoms with E-state index >= 15 is 0 Å². The average molecular weight is 348 g/mol. The molecule has 0 atom stereocenters. The number of anilines is 4. The minimum Gasteiger partial charge on any atom is -0.372 e. The van der Waals surface area contributed by atoms with E-state index in [1.807, 2.05) is 30.3 Å². The molecule has 3 rings (SSSR count). The van der Waals surface area contributed by atoms with E-state index in [9.17, 15) is 0 Å². The van der Waals surface area contributed by atoms with Crippen LogP contribution in [-0.4, -0.2) is 28.3 Å². The molecule has 0 spiro atoms. The first kappa shape index (κ1) is 17.7. The fourth-order valence-corrected chi connectivity index (χ4v) is 2.71. The molecule has 0 saturated heterocycles. The van der Waals surface area contributed by atoms with Crippen LogP contribution in [-0.2, 0) is 6.54 Å². The Hall–Kier alpha value is -3.15. The van der Waals surface area contributed by atoms with Crippen molar-refractivity contribution in [3.63, 3.8) is 0 Å². The van der Waals surface area contributed by atoms with Crippen molar-refractivity contribution in [2.24, 2.45) is 0 Å². The summed E-state index contributed by atoms with van der Waals surface area (Å²) in [5, 5.41) is 14.5. The lowest BCUT2D eigenvalue weighted by Crippen LogP contribution is -2.21. The smallest absolute Gasteiger partial charge is 0.244 e. The van der Waals surface area contributed by atoms with Gasteiger partial charge in [-0.2, -0.15) is 10.1 Å². The summed E-state index contributed by atoms with van der Waals surface area (Å²) in [7, 11) is 0. The lowest BCUT2D eigenvalue weighted by Gasteiger charge is -2.21. The molecule has 1 heterocycles. The van der Waals surface area contributed by atoms with E-state index in [0.717, 1.165) is 18.8 Å². The molecule has 6 nitrogen and oxygen atoms in total. The predicted octanol–water partition coefficient (Wildman–Crippen LogP) is 4.07. The molecule has 2 N–H and O–H groups in total. The van der Waals surface area contributed by atoms with E-state index in [4.69, 9.17) is 0 Å². The normalized spacial score (nSPS) is 10.4. The van der Waals surface area contributed by atoms with E-state index in [1.165, 1.54) is 11.3 Å². The third-order valence-corrected chi connectivity index (χ3v) is 4.12. The molecule has 0 aliphatic carbocycles. The van der Waals surface area contributed by atoms with Gasteiger partial charge < -0.3 is 15.5 Å². The summed E-state index contributed by atoms with van der Waals surface area (Å²) in [4.78, 5) is 6.77. The summed E-state index contributed by atoms with van der Waals surface area (Å²) in [5.41, 5.74) is 3.35. The highest BCUT2D eigenvalue weighted by atomic mass is 15.3. The topological polar surface area (TPSA) is 66.0 Å². The van der Waals surface area contributed by atoms with Crippen LogP contribution in [0.2, 0.25) is 0 Å². The molecule has 3 aromatic rings. The Kier molecular flexibility index (Phi) is 5.98. The van der Waals surface area contributed by atoms with Crippen molar-refractivity contribution >= 4 is 23.1 Å². The van der Waals surface area contributed by atoms with Crippen LogP contribution in [0.25, 0.3) is 0 Å². The first-order valence-corrected chi connectivity index (χ1v) is 8.88. The lowest BCUT2D eigenvalue weighted by molar-refractivity contribution is 0.866. The van der Waals surface area contributed by atoms with Crippen LogP contribution < -0.4 is 15.5 Å². The van der Waals surface area contributed by atoms with Crippen molar-refractivity contribution < 1.29 is 0 Å². The molecular weight excluding hydrogens is 324 g/mol. The standard InChI is InChI=1S/C20H24N6/c1-3-26(4-2)18-12-10-17(11-13-18)23-19-15-22-25-20(24-19)21-14-16-8-6-5-7-9-16/h5-13,15H,3-4,14H2,1-2H3,(H2,21,23,24,25). The molecule has 0 radical (unpaired) electrons. The third kappa shape index (κ3) is 4.69. The molecular formula is C20H24N6. The van der Waals surface area contributed by atoms with E-state index < -0.39 is 0 Å². The van der Waals surface area contributed by atoms with Gasteiger partial charge in [-0.05, 0) is 43.7 Å². The molecule has 1 aromatic heterocycles. The van der Waals surface area contributed by atoms with Gasteiger partial charge in [0.1, 0.15) is 0 Å². The van der Waals surface area contributed by atoms with Crippen molar-refractivity contribution in [2.45, 2.75) is 20.4 Å². The van der Waals surface area contributed by atoms with Gasteiger partial charge in [-0.3, -0.25) is 0 Å². The largest absolute Gasteiger partial charge is 0.372 e. The van der Waals surface area contributed by atoms with Crippen molar-refractivity contribution in [2.75, 3.05) is 28.6 Å². The number of aromatic nitrogens is 3. The summed E-state index contributed by atoms with van der Waals surface area (Å²) in [6, 6.07) is 18.4. The Morgan fingerprint density at radius 1 is 0.923 bits per heavy atom. The summed E-state index contributed by atoms with van der Waals surface area (Å²) >= 11 is 0. The third-order valence-electron chi connectivity index (χ3n) is 4.12.